The number of rotatable bonds is 4. The molecule has 1 aliphatic rings. The van der Waals surface area contributed by atoms with E-state index in [1.165, 1.54) is 0 Å². The fraction of sp³-hybridized carbons (Fsp3) is 0.278. The number of ether oxygens (including phenoxy) is 1. The van der Waals surface area contributed by atoms with Crippen LogP contribution in [0.15, 0.2) is 54.9 Å². The lowest BCUT2D eigenvalue weighted by Gasteiger charge is -2.17. The molecule has 1 saturated heterocycles. The first kappa shape index (κ1) is 15.4. The molecule has 0 radical (unpaired) electrons. The molecule has 0 unspecified atom stereocenters. The summed E-state index contributed by atoms with van der Waals surface area (Å²) in [7, 11) is 0. The number of anilines is 1. The third-order valence-electron chi connectivity index (χ3n) is 3.91. The third kappa shape index (κ3) is 3.46. The summed E-state index contributed by atoms with van der Waals surface area (Å²) in [6, 6.07) is 9.86. The molecule has 3 rings (SSSR count). The summed E-state index contributed by atoms with van der Waals surface area (Å²) in [4.78, 5) is 20.8. The van der Waals surface area contributed by atoms with E-state index < -0.39 is 0 Å². The van der Waals surface area contributed by atoms with Crippen molar-refractivity contribution in [2.45, 2.75) is 19.4 Å². The molecule has 118 valence electrons. The molecule has 1 N–H and O–H groups in total. The lowest BCUT2D eigenvalue weighted by Crippen LogP contribution is -2.30. The molecule has 0 aliphatic carbocycles. The van der Waals surface area contributed by atoms with E-state index >= 15 is 0 Å². The van der Waals surface area contributed by atoms with Gasteiger partial charge in [-0.1, -0.05) is 42.5 Å². The van der Waals surface area contributed by atoms with E-state index in [1.807, 2.05) is 37.3 Å². The molecule has 2 aromatic rings. The number of benzene rings is 1. The molecular weight excluding hydrogens is 290 g/mol. The number of amides is 1. The molecule has 5 heteroatoms. The van der Waals surface area contributed by atoms with E-state index in [9.17, 15) is 4.79 Å². The van der Waals surface area contributed by atoms with Crippen molar-refractivity contribution in [3.8, 4) is 11.1 Å². The topological polar surface area (TPSA) is 64.1 Å². The van der Waals surface area contributed by atoms with Crippen molar-refractivity contribution >= 4 is 11.9 Å². The Balaban J connectivity index is 1.69. The molecule has 1 aromatic heterocycles. The van der Waals surface area contributed by atoms with Gasteiger partial charge in [-0.2, -0.15) is 0 Å². The second-order valence-corrected chi connectivity index (χ2v) is 5.68. The summed E-state index contributed by atoms with van der Waals surface area (Å²) in [5, 5.41) is 2.77. The van der Waals surface area contributed by atoms with Crippen molar-refractivity contribution in [1.82, 2.24) is 9.97 Å². The zero-order valence-electron chi connectivity index (χ0n) is 13.0. The predicted octanol–water partition coefficient (Wildman–Crippen LogP) is 3.06. The number of nitrogens with zero attached hydrogens (tertiary/aromatic N) is 2. The van der Waals surface area contributed by atoms with Crippen molar-refractivity contribution in [3.63, 3.8) is 0 Å². The molecule has 0 saturated carbocycles. The smallest absolute Gasteiger partial charge is 0.232 e. The minimum Gasteiger partial charge on any atom is -0.373 e. The van der Waals surface area contributed by atoms with Crippen molar-refractivity contribution in [1.29, 1.82) is 0 Å². The van der Waals surface area contributed by atoms with Gasteiger partial charge in [0.1, 0.15) is 0 Å². The summed E-state index contributed by atoms with van der Waals surface area (Å²) in [6.07, 6.45) is 3.88. The molecule has 1 fully saturated rings. The van der Waals surface area contributed by atoms with E-state index in [0.29, 0.717) is 19.0 Å². The molecule has 0 spiro atoms. The molecular formula is C18H19N3O2. The number of hydrogen-bond donors (Lipinski definition) is 1. The van der Waals surface area contributed by atoms with Gasteiger partial charge >= 0.3 is 0 Å². The standard InChI is InChI=1S/C18H19N3O2/c1-12(2)16-15(8-9-23-16)17(22)21-18-19-10-14(11-20-18)13-6-4-3-5-7-13/h3-7,10-11,15-16H,1,8-9H2,2H3,(H,19,20,21,22)/t15-,16-/m0/s1. The van der Waals surface area contributed by atoms with Crippen LogP contribution in [0.2, 0.25) is 0 Å². The SMILES string of the molecule is C=C(C)[C@@H]1OCC[C@@H]1C(=O)Nc1ncc(-c2ccccc2)cn1. The Labute approximate surface area is 135 Å². The minimum atomic E-state index is -0.232. The summed E-state index contributed by atoms with van der Waals surface area (Å²) in [6.45, 7) is 6.33. The van der Waals surface area contributed by atoms with E-state index in [-0.39, 0.29) is 17.9 Å². The van der Waals surface area contributed by atoms with Gasteiger partial charge in [0.05, 0.1) is 12.0 Å². The molecule has 1 aromatic carbocycles. The van der Waals surface area contributed by atoms with Crippen LogP contribution in [0.5, 0.6) is 0 Å². The van der Waals surface area contributed by atoms with Crippen molar-refractivity contribution in [2.75, 3.05) is 11.9 Å². The van der Waals surface area contributed by atoms with Gasteiger partial charge in [0.15, 0.2) is 0 Å². The molecule has 2 heterocycles. The quantitative estimate of drug-likeness (QED) is 0.882. The summed E-state index contributed by atoms with van der Waals surface area (Å²) < 4.78 is 5.56. The average Bonchev–Trinajstić information content (AvgIpc) is 3.06. The summed E-state index contributed by atoms with van der Waals surface area (Å²) in [5.41, 5.74) is 2.81. The van der Waals surface area contributed by atoms with Crippen LogP contribution in [0.4, 0.5) is 5.95 Å². The second-order valence-electron chi connectivity index (χ2n) is 5.68. The first-order valence-electron chi connectivity index (χ1n) is 7.60. The highest BCUT2D eigenvalue weighted by atomic mass is 16.5. The van der Waals surface area contributed by atoms with Crippen LogP contribution in [0, 0.1) is 5.92 Å². The van der Waals surface area contributed by atoms with Crippen molar-refractivity contribution < 1.29 is 9.53 Å². The van der Waals surface area contributed by atoms with Crippen LogP contribution in [0.25, 0.3) is 11.1 Å². The van der Waals surface area contributed by atoms with E-state index in [2.05, 4.69) is 21.9 Å². The third-order valence-corrected chi connectivity index (χ3v) is 3.91. The van der Waals surface area contributed by atoms with Gasteiger partial charge in [-0.05, 0) is 18.9 Å². The number of aromatic nitrogens is 2. The maximum Gasteiger partial charge on any atom is 0.232 e. The molecule has 1 aliphatic heterocycles. The normalized spacial score (nSPS) is 20.2. The largest absolute Gasteiger partial charge is 0.373 e. The van der Waals surface area contributed by atoms with E-state index in [1.54, 1.807) is 12.4 Å². The first-order chi connectivity index (χ1) is 11.1. The average molecular weight is 309 g/mol. The highest BCUT2D eigenvalue weighted by molar-refractivity contribution is 5.91. The lowest BCUT2D eigenvalue weighted by molar-refractivity contribution is -0.120. The maximum absolute atomic E-state index is 12.4. The van der Waals surface area contributed by atoms with Gasteiger partial charge in [-0.25, -0.2) is 9.97 Å². The molecule has 23 heavy (non-hydrogen) atoms. The zero-order chi connectivity index (χ0) is 16.2. The van der Waals surface area contributed by atoms with Crippen LogP contribution in [0.1, 0.15) is 13.3 Å². The Morgan fingerprint density at radius 3 is 2.57 bits per heavy atom. The predicted molar refractivity (Wildman–Crippen MR) is 88.8 cm³/mol. The highest BCUT2D eigenvalue weighted by Crippen LogP contribution is 2.26. The fourth-order valence-corrected chi connectivity index (χ4v) is 2.72. The van der Waals surface area contributed by atoms with Gasteiger partial charge in [0, 0.05) is 24.6 Å². The maximum atomic E-state index is 12.4. The van der Waals surface area contributed by atoms with Crippen LogP contribution in [-0.4, -0.2) is 28.6 Å². The Kier molecular flexibility index (Phi) is 4.48. The Hall–Kier alpha value is -2.53. The van der Waals surface area contributed by atoms with Crippen LogP contribution < -0.4 is 5.32 Å². The van der Waals surface area contributed by atoms with Gasteiger partial charge in [-0.15, -0.1) is 0 Å². The molecule has 2 atom stereocenters. The van der Waals surface area contributed by atoms with E-state index in [0.717, 1.165) is 16.7 Å². The molecule has 1 amide bonds. The second kappa shape index (κ2) is 6.71. The number of carbonyl (C=O) groups is 1. The number of carbonyl (C=O) groups excluding carboxylic acids is 1. The highest BCUT2D eigenvalue weighted by Gasteiger charge is 2.34. The number of nitrogens with one attached hydrogen (secondary N) is 1. The Morgan fingerprint density at radius 1 is 1.22 bits per heavy atom. The minimum absolute atomic E-state index is 0.122. The van der Waals surface area contributed by atoms with Crippen LogP contribution in [0.3, 0.4) is 0 Å². The van der Waals surface area contributed by atoms with Gasteiger partial charge in [-0.3, -0.25) is 10.1 Å². The number of hydrogen-bond acceptors (Lipinski definition) is 4. The Morgan fingerprint density at radius 2 is 1.91 bits per heavy atom. The monoisotopic (exact) mass is 309 g/mol. The van der Waals surface area contributed by atoms with Gasteiger partial charge < -0.3 is 4.74 Å². The van der Waals surface area contributed by atoms with E-state index in [4.69, 9.17) is 4.74 Å². The van der Waals surface area contributed by atoms with Crippen LogP contribution in [-0.2, 0) is 9.53 Å². The fourth-order valence-electron chi connectivity index (χ4n) is 2.72. The summed E-state index contributed by atoms with van der Waals surface area (Å²) >= 11 is 0. The Bertz CT molecular complexity index is 698. The lowest BCUT2D eigenvalue weighted by atomic mass is 9.96. The molecule has 5 nitrogen and oxygen atoms in total. The van der Waals surface area contributed by atoms with Gasteiger partial charge in [0.25, 0.3) is 0 Å². The first-order valence-corrected chi connectivity index (χ1v) is 7.60. The van der Waals surface area contributed by atoms with Crippen molar-refractivity contribution in [3.05, 3.63) is 54.9 Å². The van der Waals surface area contributed by atoms with Crippen LogP contribution >= 0.6 is 0 Å². The van der Waals surface area contributed by atoms with Crippen molar-refractivity contribution in [2.24, 2.45) is 5.92 Å². The van der Waals surface area contributed by atoms with Gasteiger partial charge in [0.2, 0.25) is 11.9 Å². The summed E-state index contributed by atoms with van der Waals surface area (Å²) in [5.74, 6) is -0.0464. The zero-order valence-corrected chi connectivity index (χ0v) is 13.0. The molecule has 0 bridgehead atoms.